The van der Waals surface area contributed by atoms with Crippen molar-refractivity contribution in [1.29, 1.82) is 0 Å². The summed E-state index contributed by atoms with van der Waals surface area (Å²) in [5.74, 6) is 0.564. The van der Waals surface area contributed by atoms with E-state index in [1.807, 2.05) is 0 Å². The van der Waals surface area contributed by atoms with Crippen LogP contribution in [0.5, 0.6) is 0 Å². The fourth-order valence-electron chi connectivity index (χ4n) is 4.79. The van der Waals surface area contributed by atoms with Gasteiger partial charge in [-0.1, -0.05) is 36.7 Å². The Kier molecular flexibility index (Phi) is 4.57. The van der Waals surface area contributed by atoms with E-state index in [4.69, 9.17) is 4.43 Å². The number of fused-ring (bicyclic) bond motifs is 2. The maximum absolute atomic E-state index is 13.4. The van der Waals surface area contributed by atoms with Crippen LogP contribution in [0.4, 0.5) is 0 Å². The lowest BCUT2D eigenvalue weighted by molar-refractivity contribution is -0.152. The number of Topliss-reactive ketones (excluding diaryl/α,β-unsaturated/α-hetero) is 1. The Balaban J connectivity index is 2.53. The Morgan fingerprint density at radius 1 is 1.32 bits per heavy atom. The zero-order chi connectivity index (χ0) is 17.1. The van der Waals surface area contributed by atoms with E-state index in [-0.39, 0.29) is 16.6 Å². The van der Waals surface area contributed by atoms with Crippen LogP contribution in [0.3, 0.4) is 0 Å². The second kappa shape index (κ2) is 5.40. The van der Waals surface area contributed by atoms with Gasteiger partial charge in [0, 0.05) is 5.41 Å². The van der Waals surface area contributed by atoms with Gasteiger partial charge in [-0.25, -0.2) is 0 Å². The molecule has 0 aliphatic heterocycles. The molecule has 5 heteroatoms. The molecule has 2 saturated carbocycles. The van der Waals surface area contributed by atoms with Crippen molar-refractivity contribution in [2.45, 2.75) is 83.1 Å². The maximum atomic E-state index is 13.4. The van der Waals surface area contributed by atoms with Crippen LogP contribution in [-0.2, 0) is 9.22 Å². The van der Waals surface area contributed by atoms with Crippen molar-refractivity contribution >= 4 is 30.0 Å². The molecule has 2 fully saturated rings. The van der Waals surface area contributed by atoms with E-state index < -0.39 is 24.8 Å². The summed E-state index contributed by atoms with van der Waals surface area (Å²) >= 11 is 3.43. The molecule has 1 N–H and O–H groups in total. The van der Waals surface area contributed by atoms with Gasteiger partial charge in [0.15, 0.2) is 14.1 Å². The van der Waals surface area contributed by atoms with Gasteiger partial charge in [-0.3, -0.25) is 4.79 Å². The number of carbonyl (C=O) groups is 1. The number of rotatable bonds is 5. The summed E-state index contributed by atoms with van der Waals surface area (Å²) in [4.78, 5) is 12.8. The first-order valence-corrected chi connectivity index (χ1v) is 12.7. The molecule has 0 unspecified atom stereocenters. The van der Waals surface area contributed by atoms with E-state index in [0.717, 1.165) is 12.8 Å². The van der Waals surface area contributed by atoms with Crippen LogP contribution in [0, 0.1) is 16.7 Å². The van der Waals surface area contributed by atoms with E-state index in [1.54, 1.807) is 6.92 Å². The molecule has 0 aromatic carbocycles. The van der Waals surface area contributed by atoms with Crippen molar-refractivity contribution < 1.29 is 14.3 Å². The lowest BCUT2D eigenvalue weighted by Gasteiger charge is -2.51. The molecule has 128 valence electrons. The molecule has 5 atom stereocenters. The number of aliphatic hydroxyl groups excluding tert-OH is 1. The Hall–Kier alpha value is 0.287. The van der Waals surface area contributed by atoms with Gasteiger partial charge < -0.3 is 9.53 Å². The largest absolute Gasteiger partial charge is 0.404 e. The molecule has 0 aromatic rings. The van der Waals surface area contributed by atoms with Crippen LogP contribution in [0.25, 0.3) is 0 Å². The number of aliphatic hydroxyl groups is 1. The quantitative estimate of drug-likeness (QED) is 0.566. The first kappa shape index (κ1) is 18.6. The van der Waals surface area contributed by atoms with Gasteiger partial charge >= 0.3 is 0 Å². The van der Waals surface area contributed by atoms with Gasteiger partial charge in [0.25, 0.3) is 0 Å². The van der Waals surface area contributed by atoms with E-state index in [0.29, 0.717) is 5.92 Å². The highest BCUT2D eigenvalue weighted by molar-refractivity contribution is 9.10. The van der Waals surface area contributed by atoms with Gasteiger partial charge in [0.2, 0.25) is 0 Å². The van der Waals surface area contributed by atoms with Gasteiger partial charge in [-0.2, -0.15) is 0 Å². The summed E-state index contributed by atoms with van der Waals surface area (Å²) in [6, 6.07) is 0. The molecule has 0 amide bonds. The molecule has 2 aliphatic rings. The van der Waals surface area contributed by atoms with E-state index >= 15 is 0 Å². The molecule has 2 rings (SSSR count). The number of halogens is 1. The summed E-state index contributed by atoms with van der Waals surface area (Å²) in [5, 5.41) is 9.94. The molecule has 0 saturated heterocycles. The van der Waals surface area contributed by atoms with Crippen LogP contribution in [0.2, 0.25) is 19.6 Å². The fraction of sp³-hybridized carbons (Fsp3) is 0.941. The number of alkyl halides is 1. The minimum absolute atomic E-state index is 0.0442. The van der Waals surface area contributed by atoms with Crippen LogP contribution in [-0.4, -0.2) is 35.7 Å². The summed E-state index contributed by atoms with van der Waals surface area (Å²) in [6.07, 6.45) is 2.30. The molecule has 0 heterocycles. The minimum Gasteiger partial charge on any atom is -0.404 e. The standard InChI is InChI=1S/C17H31BrO3Si/c1-11(19)13(18)14(20)17(21-22(5,6)7)10-12-8-9-16(17,4)15(12,2)3/h11-13,19H,8-10H2,1-7H3/t11-,12-,13-,16-,17+/m1/s1. The SMILES string of the molecule is C[C@@H](O)[C@@H](Br)C(=O)[C@@]1(O[Si](C)(C)C)C[C@H]2CC[C@]1(C)C2(C)C. The minimum atomic E-state index is -1.91. The lowest BCUT2D eigenvalue weighted by atomic mass is 9.62. The van der Waals surface area contributed by atoms with E-state index in [1.165, 1.54) is 6.42 Å². The van der Waals surface area contributed by atoms with Gasteiger partial charge in [-0.05, 0) is 57.2 Å². The summed E-state index contributed by atoms with van der Waals surface area (Å²) in [5.41, 5.74) is -0.828. The second-order valence-electron chi connectivity index (χ2n) is 9.04. The van der Waals surface area contributed by atoms with Crippen molar-refractivity contribution in [3.63, 3.8) is 0 Å². The van der Waals surface area contributed by atoms with Gasteiger partial charge in [-0.15, -0.1) is 0 Å². The molecule has 0 spiro atoms. The van der Waals surface area contributed by atoms with Crippen molar-refractivity contribution in [1.82, 2.24) is 0 Å². The molecular weight excluding hydrogens is 360 g/mol. The fourth-order valence-corrected chi connectivity index (χ4v) is 6.61. The Bertz CT molecular complexity index is 471. The zero-order valence-electron chi connectivity index (χ0n) is 15.0. The summed E-state index contributed by atoms with van der Waals surface area (Å²) in [7, 11) is -1.91. The lowest BCUT2D eigenvalue weighted by Crippen LogP contribution is -2.61. The van der Waals surface area contributed by atoms with Crippen molar-refractivity contribution in [2.75, 3.05) is 0 Å². The molecule has 3 nitrogen and oxygen atoms in total. The number of hydrogen-bond acceptors (Lipinski definition) is 3. The third-order valence-electron chi connectivity index (χ3n) is 6.41. The van der Waals surface area contributed by atoms with Crippen LogP contribution in [0.15, 0.2) is 0 Å². The first-order chi connectivity index (χ1) is 9.78. The molecule has 0 radical (unpaired) electrons. The highest BCUT2D eigenvalue weighted by Crippen LogP contribution is 2.71. The highest BCUT2D eigenvalue weighted by atomic mass is 79.9. The summed E-state index contributed by atoms with van der Waals surface area (Å²) < 4.78 is 6.64. The molecule has 22 heavy (non-hydrogen) atoms. The van der Waals surface area contributed by atoms with Crippen LogP contribution >= 0.6 is 15.9 Å². The molecular formula is C17H31BrO3Si. The third kappa shape index (κ3) is 2.47. The molecule has 0 aromatic heterocycles. The van der Waals surface area contributed by atoms with E-state index in [2.05, 4.69) is 56.3 Å². The predicted octanol–water partition coefficient (Wildman–Crippen LogP) is 4.14. The highest BCUT2D eigenvalue weighted by Gasteiger charge is 2.73. The van der Waals surface area contributed by atoms with Crippen LogP contribution in [0.1, 0.15) is 47.0 Å². The first-order valence-electron chi connectivity index (χ1n) is 8.35. The predicted molar refractivity (Wildman–Crippen MR) is 95.8 cm³/mol. The number of ketones is 1. The molecule has 2 aliphatic carbocycles. The molecule has 2 bridgehead atoms. The van der Waals surface area contributed by atoms with Gasteiger partial charge in [0.05, 0.1) is 6.10 Å². The number of carbonyl (C=O) groups excluding carboxylic acids is 1. The van der Waals surface area contributed by atoms with Gasteiger partial charge in [0.1, 0.15) is 10.4 Å². The van der Waals surface area contributed by atoms with Crippen molar-refractivity contribution in [2.24, 2.45) is 16.7 Å². The Morgan fingerprint density at radius 2 is 1.86 bits per heavy atom. The Morgan fingerprint density at radius 3 is 2.18 bits per heavy atom. The van der Waals surface area contributed by atoms with Crippen molar-refractivity contribution in [3.8, 4) is 0 Å². The number of hydrogen-bond donors (Lipinski definition) is 1. The monoisotopic (exact) mass is 390 g/mol. The summed E-state index contributed by atoms with van der Waals surface area (Å²) in [6.45, 7) is 14.9. The Labute approximate surface area is 144 Å². The smallest absolute Gasteiger partial charge is 0.185 e. The van der Waals surface area contributed by atoms with Crippen LogP contribution < -0.4 is 0 Å². The third-order valence-corrected chi connectivity index (χ3v) is 8.55. The maximum Gasteiger partial charge on any atom is 0.185 e. The average molecular weight is 391 g/mol. The second-order valence-corrected chi connectivity index (χ2v) is 14.5. The van der Waals surface area contributed by atoms with E-state index in [9.17, 15) is 9.90 Å². The zero-order valence-corrected chi connectivity index (χ0v) is 17.6. The topological polar surface area (TPSA) is 46.5 Å². The normalized spacial score (nSPS) is 39.8. The average Bonchev–Trinajstić information content (AvgIpc) is 2.67. The van der Waals surface area contributed by atoms with Crippen molar-refractivity contribution in [3.05, 3.63) is 0 Å².